The van der Waals surface area contributed by atoms with Gasteiger partial charge in [0, 0.05) is 24.5 Å². The smallest absolute Gasteiger partial charge is 0.123 e. The van der Waals surface area contributed by atoms with Crippen molar-refractivity contribution in [2.75, 3.05) is 13.2 Å². The third kappa shape index (κ3) is 5.23. The lowest BCUT2D eigenvalue weighted by atomic mass is 10.1. The summed E-state index contributed by atoms with van der Waals surface area (Å²) >= 11 is 0. The molecular weight excluding hydrogens is 262 g/mol. The second kappa shape index (κ2) is 7.84. The molecule has 114 valence electrons. The molecule has 0 saturated carbocycles. The van der Waals surface area contributed by atoms with Crippen LogP contribution >= 0.6 is 0 Å². The lowest BCUT2D eigenvalue weighted by molar-refractivity contribution is 0.294. The van der Waals surface area contributed by atoms with E-state index >= 15 is 0 Å². The lowest BCUT2D eigenvalue weighted by Gasteiger charge is -2.14. The number of aromatic nitrogens is 2. The quantitative estimate of drug-likeness (QED) is 0.811. The number of imidazole rings is 1. The molecule has 0 unspecified atom stereocenters. The number of nitrogens with one attached hydrogen (secondary N) is 1. The highest BCUT2D eigenvalue weighted by Gasteiger charge is 2.05. The van der Waals surface area contributed by atoms with Gasteiger partial charge in [-0.15, -0.1) is 0 Å². The van der Waals surface area contributed by atoms with Crippen molar-refractivity contribution in [2.45, 2.75) is 33.9 Å². The molecule has 21 heavy (non-hydrogen) atoms. The Labute approximate surface area is 127 Å². The fourth-order valence-corrected chi connectivity index (χ4v) is 2.16. The van der Waals surface area contributed by atoms with E-state index in [4.69, 9.17) is 4.74 Å². The fourth-order valence-electron chi connectivity index (χ4n) is 2.16. The molecule has 0 aliphatic carbocycles. The highest BCUT2D eigenvalue weighted by Crippen LogP contribution is 2.20. The second-order valence-electron chi connectivity index (χ2n) is 5.78. The van der Waals surface area contributed by atoms with Crippen LogP contribution in [-0.4, -0.2) is 22.7 Å². The Hall–Kier alpha value is -1.81. The maximum Gasteiger partial charge on any atom is 0.123 e. The Morgan fingerprint density at radius 3 is 2.90 bits per heavy atom. The van der Waals surface area contributed by atoms with E-state index in [1.807, 2.05) is 17.1 Å². The monoisotopic (exact) mass is 287 g/mol. The van der Waals surface area contributed by atoms with Crippen LogP contribution in [-0.2, 0) is 13.1 Å². The van der Waals surface area contributed by atoms with Crippen molar-refractivity contribution in [3.05, 3.63) is 48.0 Å². The van der Waals surface area contributed by atoms with Gasteiger partial charge in [0.1, 0.15) is 12.4 Å². The third-order valence-electron chi connectivity index (χ3n) is 3.25. The van der Waals surface area contributed by atoms with Crippen LogP contribution in [0.4, 0.5) is 0 Å². The van der Waals surface area contributed by atoms with Gasteiger partial charge in [0.2, 0.25) is 0 Å². The van der Waals surface area contributed by atoms with Gasteiger partial charge in [-0.1, -0.05) is 31.5 Å². The van der Waals surface area contributed by atoms with Gasteiger partial charge < -0.3 is 14.6 Å². The summed E-state index contributed by atoms with van der Waals surface area (Å²) in [4.78, 5) is 4.03. The molecule has 0 amide bonds. The zero-order chi connectivity index (χ0) is 15.1. The molecular formula is C17H25N3O. The summed E-state index contributed by atoms with van der Waals surface area (Å²) in [5, 5.41) is 3.48. The minimum atomic E-state index is 0.649. The van der Waals surface area contributed by atoms with Crippen LogP contribution in [0.3, 0.4) is 0 Å². The van der Waals surface area contributed by atoms with Gasteiger partial charge in [0.05, 0.1) is 12.9 Å². The van der Waals surface area contributed by atoms with E-state index in [1.54, 1.807) is 6.20 Å². The molecule has 2 rings (SSSR count). The predicted octanol–water partition coefficient (Wildman–Crippen LogP) is 3.02. The van der Waals surface area contributed by atoms with Crippen LogP contribution in [0.1, 0.15) is 25.0 Å². The first-order chi connectivity index (χ1) is 10.1. The Morgan fingerprint density at radius 2 is 2.19 bits per heavy atom. The highest BCUT2D eigenvalue weighted by atomic mass is 16.5. The molecule has 0 atom stereocenters. The lowest BCUT2D eigenvalue weighted by Crippen LogP contribution is -2.19. The molecule has 1 aromatic heterocycles. The topological polar surface area (TPSA) is 39.1 Å². The maximum atomic E-state index is 5.93. The van der Waals surface area contributed by atoms with E-state index < -0.39 is 0 Å². The van der Waals surface area contributed by atoms with E-state index in [1.165, 1.54) is 11.1 Å². The SMILES string of the molecule is Cc1ccc(OCCn2ccnc2)c(CNCC(C)C)c1. The molecule has 0 aliphatic heterocycles. The zero-order valence-corrected chi connectivity index (χ0v) is 13.2. The molecule has 2 aromatic rings. The van der Waals surface area contributed by atoms with Crippen molar-refractivity contribution >= 4 is 0 Å². The second-order valence-corrected chi connectivity index (χ2v) is 5.78. The van der Waals surface area contributed by atoms with Gasteiger partial charge >= 0.3 is 0 Å². The van der Waals surface area contributed by atoms with Crippen LogP contribution in [0.2, 0.25) is 0 Å². The van der Waals surface area contributed by atoms with Crippen LogP contribution in [0.25, 0.3) is 0 Å². The molecule has 4 nitrogen and oxygen atoms in total. The summed E-state index contributed by atoms with van der Waals surface area (Å²) in [7, 11) is 0. The molecule has 0 fully saturated rings. The average molecular weight is 287 g/mol. The standard InChI is InChI=1S/C17H25N3O/c1-14(2)11-19-12-16-10-15(3)4-5-17(16)21-9-8-20-7-6-18-13-20/h4-7,10,13-14,19H,8-9,11-12H2,1-3H3. The van der Waals surface area contributed by atoms with E-state index in [9.17, 15) is 0 Å². The van der Waals surface area contributed by atoms with Crippen LogP contribution in [0.15, 0.2) is 36.9 Å². The summed E-state index contributed by atoms with van der Waals surface area (Å²) in [5.41, 5.74) is 2.49. The van der Waals surface area contributed by atoms with E-state index in [0.717, 1.165) is 25.4 Å². The number of aryl methyl sites for hydroxylation is 1. The predicted molar refractivity (Wildman–Crippen MR) is 85.4 cm³/mol. The normalized spacial score (nSPS) is 11.0. The first-order valence-corrected chi connectivity index (χ1v) is 7.54. The summed E-state index contributed by atoms with van der Waals surface area (Å²) in [6.45, 7) is 9.87. The van der Waals surface area contributed by atoms with Gasteiger partial charge in [0.15, 0.2) is 0 Å². The van der Waals surface area contributed by atoms with Gasteiger partial charge in [0.25, 0.3) is 0 Å². The number of hydrogen-bond donors (Lipinski definition) is 1. The molecule has 0 aliphatic rings. The first-order valence-electron chi connectivity index (χ1n) is 7.54. The van der Waals surface area contributed by atoms with Crippen molar-refractivity contribution in [1.82, 2.24) is 14.9 Å². The molecule has 4 heteroatoms. The van der Waals surface area contributed by atoms with Crippen molar-refractivity contribution < 1.29 is 4.74 Å². The number of hydrogen-bond acceptors (Lipinski definition) is 3. The molecule has 1 aromatic carbocycles. The molecule has 1 heterocycles. The summed E-state index contributed by atoms with van der Waals surface area (Å²) in [5.74, 6) is 1.62. The van der Waals surface area contributed by atoms with Crippen LogP contribution < -0.4 is 10.1 Å². The molecule has 0 radical (unpaired) electrons. The summed E-state index contributed by atoms with van der Waals surface area (Å²) in [6.07, 6.45) is 5.54. The minimum absolute atomic E-state index is 0.649. The van der Waals surface area contributed by atoms with Crippen LogP contribution in [0.5, 0.6) is 5.75 Å². The average Bonchev–Trinajstić information content (AvgIpc) is 2.94. The molecule has 1 N–H and O–H groups in total. The Morgan fingerprint density at radius 1 is 1.33 bits per heavy atom. The van der Waals surface area contributed by atoms with Gasteiger partial charge in [-0.2, -0.15) is 0 Å². The van der Waals surface area contributed by atoms with Crippen molar-refractivity contribution in [3.63, 3.8) is 0 Å². The zero-order valence-electron chi connectivity index (χ0n) is 13.2. The van der Waals surface area contributed by atoms with Gasteiger partial charge in [-0.25, -0.2) is 4.98 Å². The molecule has 0 spiro atoms. The first kappa shape index (κ1) is 15.6. The number of benzene rings is 1. The van der Waals surface area contributed by atoms with E-state index in [2.05, 4.69) is 49.3 Å². The highest BCUT2D eigenvalue weighted by molar-refractivity contribution is 5.36. The van der Waals surface area contributed by atoms with Crippen molar-refractivity contribution in [1.29, 1.82) is 0 Å². The Balaban J connectivity index is 1.90. The Kier molecular flexibility index (Phi) is 5.81. The van der Waals surface area contributed by atoms with Crippen LogP contribution in [0, 0.1) is 12.8 Å². The largest absolute Gasteiger partial charge is 0.491 e. The third-order valence-corrected chi connectivity index (χ3v) is 3.25. The van der Waals surface area contributed by atoms with Gasteiger partial charge in [-0.3, -0.25) is 0 Å². The maximum absolute atomic E-state index is 5.93. The van der Waals surface area contributed by atoms with E-state index in [0.29, 0.717) is 12.5 Å². The molecule has 0 bridgehead atoms. The minimum Gasteiger partial charge on any atom is -0.491 e. The summed E-state index contributed by atoms with van der Waals surface area (Å²) < 4.78 is 7.95. The van der Waals surface area contributed by atoms with Crippen molar-refractivity contribution in [2.24, 2.45) is 5.92 Å². The number of nitrogens with zero attached hydrogens (tertiary/aromatic N) is 2. The van der Waals surface area contributed by atoms with E-state index in [-0.39, 0.29) is 0 Å². The summed E-state index contributed by atoms with van der Waals surface area (Å²) in [6, 6.07) is 6.36. The Bertz CT molecular complexity index is 535. The number of rotatable bonds is 8. The number of ether oxygens (including phenoxy) is 1. The van der Waals surface area contributed by atoms with Gasteiger partial charge in [-0.05, 0) is 25.5 Å². The van der Waals surface area contributed by atoms with Crippen molar-refractivity contribution in [3.8, 4) is 5.75 Å². The fraction of sp³-hybridized carbons (Fsp3) is 0.471. The molecule has 0 saturated heterocycles.